The molecule has 0 radical (unpaired) electrons. The Morgan fingerprint density at radius 3 is 2.26 bits per heavy atom. The zero-order valence-corrected chi connectivity index (χ0v) is 15.8. The van der Waals surface area contributed by atoms with Crippen LogP contribution in [-0.4, -0.2) is 66.7 Å². The van der Waals surface area contributed by atoms with E-state index in [1.54, 1.807) is 4.90 Å². The minimum absolute atomic E-state index is 0.167. The van der Waals surface area contributed by atoms with Crippen LogP contribution in [-0.2, 0) is 24.0 Å². The van der Waals surface area contributed by atoms with Gasteiger partial charge in [0, 0.05) is 13.1 Å². The Labute approximate surface area is 158 Å². The molecule has 1 heterocycles. The summed E-state index contributed by atoms with van der Waals surface area (Å²) in [6, 6.07) is -1.80. The molecule has 0 aromatic carbocycles. The van der Waals surface area contributed by atoms with Gasteiger partial charge in [-0.3, -0.25) is 24.0 Å². The highest BCUT2D eigenvalue weighted by Crippen LogP contribution is 2.10. The average molecular weight is 383 g/mol. The second kappa shape index (κ2) is 11.1. The first kappa shape index (κ1) is 22.4. The quantitative estimate of drug-likeness (QED) is 0.312. The summed E-state index contributed by atoms with van der Waals surface area (Å²) in [4.78, 5) is 60.1. The molecule has 1 rings (SSSR count). The SMILES string of the molecule is CC(C)C[C@H](NC=O)C(=O)NCC(=O)N[C@@H](CC(N)=O)C(=O)N1CCCC1. The van der Waals surface area contributed by atoms with Crippen LogP contribution in [0.4, 0.5) is 0 Å². The largest absolute Gasteiger partial charge is 0.370 e. The van der Waals surface area contributed by atoms with Crippen molar-refractivity contribution < 1.29 is 24.0 Å². The Hall–Kier alpha value is -2.65. The van der Waals surface area contributed by atoms with Gasteiger partial charge in [-0.1, -0.05) is 13.8 Å². The Morgan fingerprint density at radius 1 is 1.11 bits per heavy atom. The molecule has 1 aliphatic heterocycles. The van der Waals surface area contributed by atoms with Crippen LogP contribution in [0, 0.1) is 5.92 Å². The molecule has 0 unspecified atom stereocenters. The number of hydrogen-bond acceptors (Lipinski definition) is 5. The van der Waals surface area contributed by atoms with E-state index in [4.69, 9.17) is 5.73 Å². The van der Waals surface area contributed by atoms with E-state index in [0.29, 0.717) is 25.9 Å². The van der Waals surface area contributed by atoms with Crippen molar-refractivity contribution in [2.75, 3.05) is 19.6 Å². The first-order valence-corrected chi connectivity index (χ1v) is 9.08. The third-order valence-electron chi connectivity index (χ3n) is 4.17. The van der Waals surface area contributed by atoms with Crippen LogP contribution in [0.5, 0.6) is 0 Å². The van der Waals surface area contributed by atoms with E-state index in [9.17, 15) is 24.0 Å². The van der Waals surface area contributed by atoms with Crippen molar-refractivity contribution in [2.24, 2.45) is 11.7 Å². The fourth-order valence-electron chi connectivity index (χ4n) is 2.90. The number of likely N-dealkylation sites (tertiary alicyclic amines) is 1. The summed E-state index contributed by atoms with van der Waals surface area (Å²) in [5.74, 6) is -2.00. The standard InChI is InChI=1S/C17H29N5O5/c1-11(2)7-12(20-10-23)16(26)19-9-15(25)21-13(8-14(18)24)17(27)22-5-3-4-6-22/h10-13H,3-9H2,1-2H3,(H2,18,24)(H,19,26)(H,20,23)(H,21,25)/t12-,13-/m0/s1. The zero-order chi connectivity index (χ0) is 20.4. The van der Waals surface area contributed by atoms with Crippen molar-refractivity contribution in [1.82, 2.24) is 20.9 Å². The Kier molecular flexibility index (Phi) is 9.24. The molecule has 0 saturated carbocycles. The number of hydrogen-bond donors (Lipinski definition) is 4. The van der Waals surface area contributed by atoms with Crippen LogP contribution in [0.2, 0.25) is 0 Å². The summed E-state index contributed by atoms with van der Waals surface area (Å²) in [5.41, 5.74) is 5.18. The molecular weight excluding hydrogens is 354 g/mol. The molecule has 2 atom stereocenters. The molecule has 1 saturated heterocycles. The Bertz CT molecular complexity index is 560. The van der Waals surface area contributed by atoms with E-state index in [-0.39, 0.29) is 24.8 Å². The van der Waals surface area contributed by atoms with Crippen molar-refractivity contribution in [3.63, 3.8) is 0 Å². The number of primary amides is 1. The van der Waals surface area contributed by atoms with Gasteiger partial charge in [-0.25, -0.2) is 0 Å². The van der Waals surface area contributed by atoms with Crippen molar-refractivity contribution >= 4 is 30.0 Å². The fourth-order valence-corrected chi connectivity index (χ4v) is 2.90. The number of nitrogens with two attached hydrogens (primary N) is 1. The minimum atomic E-state index is -1.05. The lowest BCUT2D eigenvalue weighted by Gasteiger charge is -2.23. The Balaban J connectivity index is 2.59. The van der Waals surface area contributed by atoms with Gasteiger partial charge >= 0.3 is 0 Å². The highest BCUT2D eigenvalue weighted by Gasteiger charge is 2.29. The average Bonchev–Trinajstić information content (AvgIpc) is 3.11. The maximum absolute atomic E-state index is 12.4. The molecule has 0 spiro atoms. The van der Waals surface area contributed by atoms with Crippen molar-refractivity contribution in [2.45, 2.75) is 51.6 Å². The van der Waals surface area contributed by atoms with Gasteiger partial charge in [-0.2, -0.15) is 0 Å². The monoisotopic (exact) mass is 383 g/mol. The molecule has 5 amide bonds. The summed E-state index contributed by atoms with van der Waals surface area (Å²) < 4.78 is 0. The van der Waals surface area contributed by atoms with E-state index in [1.807, 2.05) is 13.8 Å². The van der Waals surface area contributed by atoms with Gasteiger partial charge < -0.3 is 26.6 Å². The van der Waals surface area contributed by atoms with Crippen LogP contribution in [0.3, 0.4) is 0 Å². The van der Waals surface area contributed by atoms with Crippen LogP contribution >= 0.6 is 0 Å². The lowest BCUT2D eigenvalue weighted by Crippen LogP contribution is -2.53. The normalized spacial score (nSPS) is 15.7. The van der Waals surface area contributed by atoms with Gasteiger partial charge in [0.1, 0.15) is 12.1 Å². The second-order valence-electron chi connectivity index (χ2n) is 7.01. The summed E-state index contributed by atoms with van der Waals surface area (Å²) in [7, 11) is 0. The van der Waals surface area contributed by atoms with Gasteiger partial charge in [-0.05, 0) is 25.2 Å². The minimum Gasteiger partial charge on any atom is -0.370 e. The maximum atomic E-state index is 12.4. The molecule has 5 N–H and O–H groups in total. The molecule has 27 heavy (non-hydrogen) atoms. The van der Waals surface area contributed by atoms with E-state index in [0.717, 1.165) is 12.8 Å². The fraction of sp³-hybridized carbons (Fsp3) is 0.706. The zero-order valence-electron chi connectivity index (χ0n) is 15.8. The molecular formula is C17H29N5O5. The van der Waals surface area contributed by atoms with E-state index in [1.165, 1.54) is 0 Å². The lowest BCUT2D eigenvalue weighted by atomic mass is 10.0. The maximum Gasteiger partial charge on any atom is 0.245 e. The molecule has 0 aliphatic carbocycles. The number of amides is 5. The van der Waals surface area contributed by atoms with Gasteiger partial charge in [0.15, 0.2) is 0 Å². The first-order chi connectivity index (χ1) is 12.7. The molecule has 1 fully saturated rings. The van der Waals surface area contributed by atoms with Gasteiger partial charge in [0.25, 0.3) is 0 Å². The molecule has 1 aliphatic rings. The highest BCUT2D eigenvalue weighted by molar-refractivity contribution is 5.93. The molecule has 10 nitrogen and oxygen atoms in total. The van der Waals surface area contributed by atoms with Crippen LogP contribution in [0.15, 0.2) is 0 Å². The predicted molar refractivity (Wildman–Crippen MR) is 97.0 cm³/mol. The van der Waals surface area contributed by atoms with Gasteiger partial charge in [-0.15, -0.1) is 0 Å². The molecule has 152 valence electrons. The molecule has 10 heteroatoms. The van der Waals surface area contributed by atoms with Crippen LogP contribution < -0.4 is 21.7 Å². The van der Waals surface area contributed by atoms with E-state index >= 15 is 0 Å². The van der Waals surface area contributed by atoms with Crippen molar-refractivity contribution in [3.05, 3.63) is 0 Å². The second-order valence-corrected chi connectivity index (χ2v) is 7.01. The number of carbonyl (C=O) groups excluding carboxylic acids is 5. The summed E-state index contributed by atoms with van der Waals surface area (Å²) in [6.45, 7) is 4.58. The third kappa shape index (κ3) is 8.06. The summed E-state index contributed by atoms with van der Waals surface area (Å²) in [5, 5.41) is 7.30. The summed E-state index contributed by atoms with van der Waals surface area (Å²) in [6.07, 6.45) is 2.30. The van der Waals surface area contributed by atoms with Crippen molar-refractivity contribution in [1.29, 1.82) is 0 Å². The lowest BCUT2D eigenvalue weighted by molar-refractivity contribution is -0.137. The number of nitrogens with one attached hydrogen (secondary N) is 3. The van der Waals surface area contributed by atoms with E-state index in [2.05, 4.69) is 16.0 Å². The molecule has 0 bridgehead atoms. The van der Waals surface area contributed by atoms with Crippen LogP contribution in [0.25, 0.3) is 0 Å². The first-order valence-electron chi connectivity index (χ1n) is 9.08. The number of rotatable bonds is 11. The molecule has 0 aromatic heterocycles. The topological polar surface area (TPSA) is 151 Å². The molecule has 0 aromatic rings. The number of carbonyl (C=O) groups is 5. The van der Waals surface area contributed by atoms with Gasteiger partial charge in [0.2, 0.25) is 30.0 Å². The summed E-state index contributed by atoms with van der Waals surface area (Å²) >= 11 is 0. The van der Waals surface area contributed by atoms with Gasteiger partial charge in [0.05, 0.1) is 13.0 Å². The highest BCUT2D eigenvalue weighted by atomic mass is 16.2. The Morgan fingerprint density at radius 2 is 1.74 bits per heavy atom. The van der Waals surface area contributed by atoms with Crippen LogP contribution in [0.1, 0.15) is 39.5 Å². The van der Waals surface area contributed by atoms with E-state index < -0.39 is 29.8 Å². The third-order valence-corrected chi connectivity index (χ3v) is 4.17. The number of nitrogens with zero attached hydrogens (tertiary/aromatic N) is 1. The smallest absolute Gasteiger partial charge is 0.245 e. The van der Waals surface area contributed by atoms with Crippen molar-refractivity contribution in [3.8, 4) is 0 Å². The predicted octanol–water partition coefficient (Wildman–Crippen LogP) is -1.75.